The van der Waals surface area contributed by atoms with Crippen molar-refractivity contribution in [2.24, 2.45) is 0 Å². The van der Waals surface area contributed by atoms with Gasteiger partial charge in [-0.1, -0.05) is 23.7 Å². The molecule has 124 valence electrons. The van der Waals surface area contributed by atoms with Gasteiger partial charge in [-0.2, -0.15) is 5.10 Å². The second-order valence-electron chi connectivity index (χ2n) is 5.26. The Balaban J connectivity index is 1.90. The molecule has 7 heteroatoms. The molecule has 24 heavy (non-hydrogen) atoms. The van der Waals surface area contributed by atoms with E-state index in [0.717, 1.165) is 11.1 Å². The number of halogens is 1. The van der Waals surface area contributed by atoms with Crippen molar-refractivity contribution in [3.8, 4) is 11.3 Å². The van der Waals surface area contributed by atoms with Gasteiger partial charge in [0.15, 0.2) is 5.76 Å². The molecule has 1 amide bonds. The SMILES string of the molecule is Cc1ccoc1C(=O)Nc1cc(-c2ccc(Cl)cc2)nn1CCO. The van der Waals surface area contributed by atoms with Crippen LogP contribution in [-0.2, 0) is 6.54 Å². The normalized spacial score (nSPS) is 10.8. The Kier molecular flexibility index (Phi) is 4.69. The standard InChI is InChI=1S/C17H16ClN3O3/c1-11-6-9-24-16(11)17(23)19-15-10-14(20-21(15)7-8-22)12-2-4-13(18)5-3-12/h2-6,9-10,22H,7-8H2,1H3,(H,19,23). The summed E-state index contributed by atoms with van der Waals surface area (Å²) in [5, 5.41) is 17.0. The van der Waals surface area contributed by atoms with E-state index in [9.17, 15) is 9.90 Å². The van der Waals surface area contributed by atoms with E-state index in [-0.39, 0.29) is 24.8 Å². The van der Waals surface area contributed by atoms with E-state index in [1.54, 1.807) is 35.9 Å². The van der Waals surface area contributed by atoms with Crippen LogP contribution in [0.4, 0.5) is 5.82 Å². The highest BCUT2D eigenvalue weighted by molar-refractivity contribution is 6.30. The average Bonchev–Trinajstić information content (AvgIpc) is 3.15. The topological polar surface area (TPSA) is 80.3 Å². The second kappa shape index (κ2) is 6.90. The van der Waals surface area contributed by atoms with E-state index >= 15 is 0 Å². The van der Waals surface area contributed by atoms with Crippen LogP contribution in [0.3, 0.4) is 0 Å². The maximum atomic E-state index is 12.3. The summed E-state index contributed by atoms with van der Waals surface area (Å²) >= 11 is 5.90. The summed E-state index contributed by atoms with van der Waals surface area (Å²) < 4.78 is 6.74. The van der Waals surface area contributed by atoms with Gasteiger partial charge in [0.25, 0.3) is 5.91 Å². The molecule has 0 aliphatic rings. The van der Waals surface area contributed by atoms with Crippen molar-refractivity contribution in [3.63, 3.8) is 0 Å². The monoisotopic (exact) mass is 345 g/mol. The van der Waals surface area contributed by atoms with Crippen LogP contribution in [0.2, 0.25) is 5.02 Å². The molecule has 2 heterocycles. The van der Waals surface area contributed by atoms with Gasteiger partial charge in [0, 0.05) is 22.2 Å². The molecule has 0 atom stereocenters. The van der Waals surface area contributed by atoms with Crippen LogP contribution in [0.5, 0.6) is 0 Å². The average molecular weight is 346 g/mol. The predicted octanol–water partition coefficient (Wildman–Crippen LogP) is 3.35. The fourth-order valence-corrected chi connectivity index (χ4v) is 2.45. The van der Waals surface area contributed by atoms with E-state index in [4.69, 9.17) is 16.0 Å². The summed E-state index contributed by atoms with van der Waals surface area (Å²) in [4.78, 5) is 12.3. The summed E-state index contributed by atoms with van der Waals surface area (Å²) in [5.74, 6) is 0.369. The van der Waals surface area contributed by atoms with Gasteiger partial charge < -0.3 is 14.8 Å². The first-order valence-electron chi connectivity index (χ1n) is 7.38. The number of rotatable bonds is 5. The smallest absolute Gasteiger partial charge is 0.292 e. The van der Waals surface area contributed by atoms with Crippen LogP contribution < -0.4 is 5.32 Å². The van der Waals surface area contributed by atoms with Crippen LogP contribution in [0.15, 0.2) is 47.1 Å². The number of carbonyl (C=O) groups is 1. The molecule has 0 saturated heterocycles. The maximum Gasteiger partial charge on any atom is 0.292 e. The van der Waals surface area contributed by atoms with Crippen molar-refractivity contribution < 1.29 is 14.3 Å². The fraction of sp³-hybridized carbons (Fsp3) is 0.176. The molecule has 0 bridgehead atoms. The molecule has 3 rings (SSSR count). The van der Waals surface area contributed by atoms with Gasteiger partial charge in [0.2, 0.25) is 0 Å². The Labute approximate surface area is 143 Å². The number of hydrogen-bond donors (Lipinski definition) is 2. The maximum absolute atomic E-state index is 12.3. The predicted molar refractivity (Wildman–Crippen MR) is 91.2 cm³/mol. The molecule has 0 saturated carbocycles. The number of aliphatic hydroxyl groups excluding tert-OH is 1. The van der Waals surface area contributed by atoms with Gasteiger partial charge in [0.05, 0.1) is 25.1 Å². The summed E-state index contributed by atoms with van der Waals surface area (Å²) in [6.45, 7) is 1.97. The van der Waals surface area contributed by atoms with Crippen molar-refractivity contribution >= 4 is 23.3 Å². The number of aryl methyl sites for hydroxylation is 1. The fourth-order valence-electron chi connectivity index (χ4n) is 2.32. The number of aliphatic hydroxyl groups is 1. The number of furan rings is 1. The molecule has 1 aromatic carbocycles. The molecule has 0 aliphatic heterocycles. The third-order valence-electron chi connectivity index (χ3n) is 3.54. The molecule has 2 aromatic heterocycles. The number of amides is 1. The lowest BCUT2D eigenvalue weighted by atomic mass is 10.1. The zero-order chi connectivity index (χ0) is 17.1. The second-order valence-corrected chi connectivity index (χ2v) is 5.69. The van der Waals surface area contributed by atoms with Crippen molar-refractivity contribution in [2.75, 3.05) is 11.9 Å². The molecule has 0 fully saturated rings. The van der Waals surface area contributed by atoms with E-state index in [2.05, 4.69) is 10.4 Å². The first-order chi connectivity index (χ1) is 11.6. The summed E-state index contributed by atoms with van der Waals surface area (Å²) in [7, 11) is 0. The third-order valence-corrected chi connectivity index (χ3v) is 3.79. The van der Waals surface area contributed by atoms with Crippen LogP contribution in [0.25, 0.3) is 11.3 Å². The van der Waals surface area contributed by atoms with Crippen molar-refractivity contribution in [3.05, 3.63) is 59.0 Å². The van der Waals surface area contributed by atoms with E-state index in [0.29, 0.717) is 16.5 Å². The minimum absolute atomic E-state index is 0.0929. The van der Waals surface area contributed by atoms with Crippen LogP contribution >= 0.6 is 11.6 Å². The molecule has 0 aliphatic carbocycles. The number of nitrogens with zero attached hydrogens (tertiary/aromatic N) is 2. The van der Waals surface area contributed by atoms with Crippen molar-refractivity contribution in [1.29, 1.82) is 0 Å². The quantitative estimate of drug-likeness (QED) is 0.743. The molecule has 2 N–H and O–H groups in total. The number of carbonyl (C=O) groups excluding carboxylic acids is 1. The highest BCUT2D eigenvalue weighted by Gasteiger charge is 2.17. The Hall–Kier alpha value is -2.57. The highest BCUT2D eigenvalue weighted by Crippen LogP contribution is 2.24. The zero-order valence-electron chi connectivity index (χ0n) is 13.0. The van der Waals surface area contributed by atoms with Gasteiger partial charge in [-0.15, -0.1) is 0 Å². The first-order valence-corrected chi connectivity index (χ1v) is 7.76. The number of aromatic nitrogens is 2. The summed E-state index contributed by atoms with van der Waals surface area (Å²) in [6.07, 6.45) is 1.47. The molecule has 0 unspecified atom stereocenters. The number of anilines is 1. The molecule has 0 spiro atoms. The number of nitrogens with one attached hydrogen (secondary N) is 1. The minimum Gasteiger partial charge on any atom is -0.459 e. The molecule has 6 nitrogen and oxygen atoms in total. The van der Waals surface area contributed by atoms with Crippen molar-refractivity contribution in [2.45, 2.75) is 13.5 Å². The Morgan fingerprint density at radius 3 is 2.71 bits per heavy atom. The van der Waals surface area contributed by atoms with Crippen LogP contribution in [0, 0.1) is 6.92 Å². The summed E-state index contributed by atoms with van der Waals surface area (Å²) in [5.41, 5.74) is 2.28. The molecular formula is C17H16ClN3O3. The van der Waals surface area contributed by atoms with Crippen LogP contribution in [0.1, 0.15) is 16.1 Å². The Bertz CT molecular complexity index is 852. The van der Waals surface area contributed by atoms with E-state index in [1.165, 1.54) is 6.26 Å². The summed E-state index contributed by atoms with van der Waals surface area (Å²) in [6, 6.07) is 10.7. The first kappa shape index (κ1) is 16.3. The Morgan fingerprint density at radius 2 is 2.08 bits per heavy atom. The third kappa shape index (κ3) is 3.34. The number of hydrogen-bond acceptors (Lipinski definition) is 4. The van der Waals surface area contributed by atoms with Gasteiger partial charge >= 0.3 is 0 Å². The Morgan fingerprint density at radius 1 is 1.33 bits per heavy atom. The minimum atomic E-state index is -0.362. The lowest BCUT2D eigenvalue weighted by Crippen LogP contribution is -2.16. The molecular weight excluding hydrogens is 330 g/mol. The largest absolute Gasteiger partial charge is 0.459 e. The van der Waals surface area contributed by atoms with Gasteiger partial charge in [0.1, 0.15) is 5.82 Å². The van der Waals surface area contributed by atoms with Gasteiger partial charge in [-0.3, -0.25) is 4.79 Å². The van der Waals surface area contributed by atoms with Gasteiger partial charge in [-0.25, -0.2) is 4.68 Å². The molecule has 0 radical (unpaired) electrons. The highest BCUT2D eigenvalue weighted by atomic mass is 35.5. The number of benzene rings is 1. The van der Waals surface area contributed by atoms with E-state index in [1.807, 2.05) is 12.1 Å². The zero-order valence-corrected chi connectivity index (χ0v) is 13.7. The lowest BCUT2D eigenvalue weighted by molar-refractivity contribution is 0.0994. The van der Waals surface area contributed by atoms with Crippen LogP contribution in [-0.4, -0.2) is 27.4 Å². The van der Waals surface area contributed by atoms with Gasteiger partial charge in [-0.05, 0) is 25.1 Å². The van der Waals surface area contributed by atoms with Crippen molar-refractivity contribution in [1.82, 2.24) is 9.78 Å². The molecule has 3 aromatic rings. The van der Waals surface area contributed by atoms with E-state index < -0.39 is 0 Å². The lowest BCUT2D eigenvalue weighted by Gasteiger charge is -2.06.